The fraction of sp³-hybridized carbons (Fsp3) is 0.512. The zero-order chi connectivity index (χ0) is 46.3. The van der Waals surface area contributed by atoms with Crippen LogP contribution in [0.25, 0.3) is 0 Å². The number of nitrogens with zero attached hydrogens (tertiary/aromatic N) is 2. The maximum atomic E-state index is 14.7. The number of rotatable bonds is 19. The molecule has 344 valence electrons. The lowest BCUT2D eigenvalue weighted by Crippen LogP contribution is -2.59. The number of thioether (sulfide) groups is 1. The van der Waals surface area contributed by atoms with Gasteiger partial charge in [-0.05, 0) is 54.7 Å². The van der Waals surface area contributed by atoms with Crippen molar-refractivity contribution in [3.63, 3.8) is 0 Å². The minimum atomic E-state index is -1.29. The first kappa shape index (κ1) is 51.2. The topological polar surface area (TPSA) is 302 Å². The molecule has 19 nitrogen and oxygen atoms in total. The summed E-state index contributed by atoms with van der Waals surface area (Å²) in [5.74, 6) is -4.93. The molecule has 0 bridgehead atoms. The molecule has 2 aromatic rings. The Balaban J connectivity index is 2.02. The summed E-state index contributed by atoms with van der Waals surface area (Å²) >= 11 is 1.48. The summed E-state index contributed by atoms with van der Waals surface area (Å²) in [4.78, 5) is 114. The first-order valence-electron chi connectivity index (χ1n) is 21.0. The lowest BCUT2D eigenvalue weighted by Gasteiger charge is -2.30. The molecule has 0 aromatic heterocycles. The van der Waals surface area contributed by atoms with E-state index in [1.807, 2.05) is 20.1 Å². The predicted octanol–water partition coefficient (Wildman–Crippen LogP) is -1.03. The van der Waals surface area contributed by atoms with Gasteiger partial charge in [-0.15, -0.1) is 0 Å². The number of primary amides is 1. The van der Waals surface area contributed by atoms with Crippen molar-refractivity contribution in [3.05, 3.63) is 71.8 Å². The number of nitrogens with two attached hydrogens (primary N) is 3. The molecular weight excluding hydrogens is 831 g/mol. The van der Waals surface area contributed by atoms with E-state index in [4.69, 9.17) is 17.2 Å². The van der Waals surface area contributed by atoms with Crippen LogP contribution in [-0.2, 0) is 51.2 Å². The first-order chi connectivity index (χ1) is 30.1. The molecule has 20 heteroatoms. The maximum Gasteiger partial charge on any atom is 0.246 e. The van der Waals surface area contributed by atoms with E-state index >= 15 is 0 Å². The first-order valence-corrected chi connectivity index (χ1v) is 22.4. The van der Waals surface area contributed by atoms with Gasteiger partial charge in [-0.2, -0.15) is 11.8 Å². The van der Waals surface area contributed by atoms with E-state index in [2.05, 4.69) is 36.9 Å². The second-order valence-electron chi connectivity index (χ2n) is 15.7. The highest BCUT2D eigenvalue weighted by Crippen LogP contribution is 2.12. The number of hydrogen-bond acceptors (Lipinski definition) is 10. The molecule has 0 spiro atoms. The maximum absolute atomic E-state index is 14.7. The molecule has 1 fully saturated rings. The van der Waals surface area contributed by atoms with Crippen molar-refractivity contribution in [2.24, 2.45) is 28.1 Å². The summed E-state index contributed by atoms with van der Waals surface area (Å²) < 4.78 is 0. The molecule has 1 aliphatic rings. The second kappa shape index (κ2) is 27.0. The molecule has 0 aliphatic carbocycles. The number of amides is 8. The Hall–Kier alpha value is -6.18. The molecule has 8 amide bonds. The molecule has 2 aromatic carbocycles. The zero-order valence-electron chi connectivity index (χ0n) is 36.2. The van der Waals surface area contributed by atoms with Crippen LogP contribution >= 0.6 is 11.8 Å². The predicted molar refractivity (Wildman–Crippen MR) is 240 cm³/mol. The molecule has 0 saturated carbocycles. The van der Waals surface area contributed by atoms with Crippen LogP contribution in [0.5, 0.6) is 0 Å². The highest BCUT2D eigenvalue weighted by molar-refractivity contribution is 7.98. The number of carbonyl (C=O) groups excluding carboxylic acids is 8. The number of aliphatic imine (C=N–C) groups is 1. The second-order valence-corrected chi connectivity index (χ2v) is 16.7. The number of hydrogen-bond donors (Lipinski definition) is 9. The van der Waals surface area contributed by atoms with Gasteiger partial charge in [0.1, 0.15) is 30.2 Å². The smallest absolute Gasteiger partial charge is 0.246 e. The van der Waals surface area contributed by atoms with Gasteiger partial charge in [-0.1, -0.05) is 74.5 Å². The SMILES string of the molecule is CSCC[C@H](NC(=O)[C@H](CC(C)C)NC(=O)CN1CCNC(=O)CCC(=O)N[C@@H](CCCN=C(N)N)C(=O)N[C@@H](Cc2ccccc2)C(=O)N[C@@H](Cc2ccccc2)C1=O)C(N)=O. The van der Waals surface area contributed by atoms with Crippen LogP contribution in [-0.4, -0.2) is 127 Å². The van der Waals surface area contributed by atoms with E-state index in [0.29, 0.717) is 23.3 Å². The van der Waals surface area contributed by atoms with E-state index in [0.717, 1.165) is 0 Å². The molecule has 0 radical (unpaired) electrons. The van der Waals surface area contributed by atoms with Crippen LogP contribution in [0.1, 0.15) is 63.5 Å². The van der Waals surface area contributed by atoms with Crippen molar-refractivity contribution >= 4 is 65.0 Å². The van der Waals surface area contributed by atoms with E-state index in [-0.39, 0.29) is 76.5 Å². The third-order valence-electron chi connectivity index (χ3n) is 9.97. The number of benzene rings is 2. The van der Waals surface area contributed by atoms with E-state index in [9.17, 15) is 38.4 Å². The molecule has 0 unspecified atom stereocenters. The van der Waals surface area contributed by atoms with Gasteiger partial charge in [-0.25, -0.2) is 0 Å². The minimum Gasteiger partial charge on any atom is -0.370 e. The average Bonchev–Trinajstić information content (AvgIpc) is 3.24. The molecule has 1 heterocycles. The van der Waals surface area contributed by atoms with Crippen molar-refractivity contribution in [2.45, 2.75) is 95.4 Å². The Morgan fingerprint density at radius 3 is 1.97 bits per heavy atom. The summed E-state index contributed by atoms with van der Waals surface area (Å²) in [6.07, 6.45) is 2.17. The van der Waals surface area contributed by atoms with Crippen LogP contribution in [0.3, 0.4) is 0 Å². The Bertz CT molecular complexity index is 1880. The van der Waals surface area contributed by atoms with Crippen LogP contribution in [0, 0.1) is 5.92 Å². The molecule has 1 saturated heterocycles. The zero-order valence-corrected chi connectivity index (χ0v) is 37.0. The van der Waals surface area contributed by atoms with Gasteiger partial charge >= 0.3 is 0 Å². The normalized spacial score (nSPS) is 19.0. The average molecular weight is 894 g/mol. The lowest BCUT2D eigenvalue weighted by atomic mass is 10.0. The van der Waals surface area contributed by atoms with E-state index < -0.39 is 84.0 Å². The Morgan fingerprint density at radius 2 is 1.38 bits per heavy atom. The Morgan fingerprint density at radius 1 is 0.794 bits per heavy atom. The van der Waals surface area contributed by atoms with Crippen molar-refractivity contribution in [2.75, 3.05) is 38.2 Å². The van der Waals surface area contributed by atoms with Gasteiger partial charge in [-0.3, -0.25) is 43.3 Å². The van der Waals surface area contributed by atoms with Crippen molar-refractivity contribution in [1.82, 2.24) is 36.8 Å². The third kappa shape index (κ3) is 19.2. The van der Waals surface area contributed by atoms with Gasteiger partial charge in [0.2, 0.25) is 47.3 Å². The van der Waals surface area contributed by atoms with E-state index in [1.165, 1.54) is 16.7 Å². The molecule has 3 rings (SSSR count). The van der Waals surface area contributed by atoms with Gasteiger partial charge in [0, 0.05) is 45.3 Å². The number of guanidine groups is 1. The fourth-order valence-corrected chi connectivity index (χ4v) is 7.21. The summed E-state index contributed by atoms with van der Waals surface area (Å²) in [6, 6.07) is 12.1. The molecule has 5 atom stereocenters. The highest BCUT2D eigenvalue weighted by atomic mass is 32.2. The fourth-order valence-electron chi connectivity index (χ4n) is 6.74. The Labute approximate surface area is 372 Å². The minimum absolute atomic E-state index is 0.0110. The van der Waals surface area contributed by atoms with Gasteiger partial charge in [0.15, 0.2) is 5.96 Å². The summed E-state index contributed by atoms with van der Waals surface area (Å²) in [6.45, 7) is 2.95. The van der Waals surface area contributed by atoms with Crippen molar-refractivity contribution in [3.8, 4) is 0 Å². The van der Waals surface area contributed by atoms with Gasteiger partial charge < -0.3 is 54.0 Å². The Kier molecular flexibility index (Phi) is 21.9. The summed E-state index contributed by atoms with van der Waals surface area (Å²) in [5.41, 5.74) is 17.9. The van der Waals surface area contributed by atoms with Crippen molar-refractivity contribution < 1.29 is 38.4 Å². The lowest BCUT2D eigenvalue weighted by molar-refractivity contribution is -0.140. The standard InChI is InChI=1S/C43H63N11O8S/c1-27(2)23-32(40(60)51-30(38(44)58)18-22-63-3)50-37(57)26-54-21-20-47-35(55)16-17-36(56)49-31(15-10-19-48-43(45)46)39(59)52-33(24-28-11-6-4-7-12-28)41(61)53-34(42(54)62)25-29-13-8-5-9-14-29/h4-9,11-14,27,30-34H,10,15-26H2,1-3H3,(H2,44,58)(H,47,55)(H,49,56)(H,50,57)(H,51,60)(H,52,59)(H,53,61)(H4,45,46,48)/t30-,31-,32-,33-,34-/m0/s1. The number of carbonyl (C=O) groups is 8. The third-order valence-corrected chi connectivity index (χ3v) is 10.6. The van der Waals surface area contributed by atoms with Crippen LogP contribution in [0.15, 0.2) is 65.7 Å². The highest BCUT2D eigenvalue weighted by Gasteiger charge is 2.34. The summed E-state index contributed by atoms with van der Waals surface area (Å²) in [5, 5.41) is 16.3. The molecular formula is C43H63N11O8S. The monoisotopic (exact) mass is 893 g/mol. The van der Waals surface area contributed by atoms with Crippen LogP contribution < -0.4 is 49.1 Å². The molecule has 12 N–H and O–H groups in total. The van der Waals surface area contributed by atoms with Crippen LogP contribution in [0.2, 0.25) is 0 Å². The molecule has 1 aliphatic heterocycles. The number of nitrogens with one attached hydrogen (secondary N) is 6. The van der Waals surface area contributed by atoms with E-state index in [1.54, 1.807) is 60.7 Å². The molecule has 63 heavy (non-hydrogen) atoms. The largest absolute Gasteiger partial charge is 0.370 e. The van der Waals surface area contributed by atoms with Gasteiger partial charge in [0.05, 0.1) is 6.54 Å². The van der Waals surface area contributed by atoms with Gasteiger partial charge in [0.25, 0.3) is 0 Å². The summed E-state index contributed by atoms with van der Waals surface area (Å²) in [7, 11) is 0. The van der Waals surface area contributed by atoms with Crippen molar-refractivity contribution in [1.29, 1.82) is 0 Å². The van der Waals surface area contributed by atoms with Crippen LogP contribution in [0.4, 0.5) is 0 Å². The quantitative estimate of drug-likeness (QED) is 0.0467.